The first-order chi connectivity index (χ1) is 8.90. The Morgan fingerprint density at radius 1 is 0.947 bits per heavy atom. The van der Waals surface area contributed by atoms with Gasteiger partial charge in [0.1, 0.15) is 5.82 Å². The molecular weight excluding hydrogens is 394 g/mol. The smallest absolute Gasteiger partial charge is 0.123 e. The van der Waals surface area contributed by atoms with Crippen molar-refractivity contribution in [2.24, 2.45) is 0 Å². The maximum Gasteiger partial charge on any atom is 0.123 e. The lowest BCUT2D eigenvalue weighted by Crippen LogP contribution is -1.99. The Morgan fingerprint density at radius 3 is 2.32 bits per heavy atom. The van der Waals surface area contributed by atoms with Crippen LogP contribution in [0.25, 0.3) is 0 Å². The summed E-state index contributed by atoms with van der Waals surface area (Å²) in [7, 11) is 0. The van der Waals surface area contributed by atoms with Crippen LogP contribution in [0.15, 0.2) is 39.3 Å². The van der Waals surface area contributed by atoms with Gasteiger partial charge in [-0.1, -0.05) is 37.9 Å². The van der Waals surface area contributed by atoms with Crippen LogP contribution in [-0.4, -0.2) is 0 Å². The highest BCUT2D eigenvalue weighted by Gasteiger charge is 2.17. The minimum Gasteiger partial charge on any atom is -0.207 e. The maximum absolute atomic E-state index is 13.4. The molecule has 1 unspecified atom stereocenters. The molecule has 0 saturated carbocycles. The molecule has 0 radical (unpaired) electrons. The number of benzene rings is 2. The molecule has 100 valence electrons. The van der Waals surface area contributed by atoms with Gasteiger partial charge in [-0.2, -0.15) is 0 Å². The molecule has 0 aliphatic carbocycles. The molecule has 2 rings (SSSR count). The number of alkyl halides is 1. The van der Waals surface area contributed by atoms with E-state index in [2.05, 4.69) is 31.9 Å². The number of aryl methyl sites for hydroxylation is 2. The first-order valence-corrected chi connectivity index (χ1v) is 7.78. The van der Waals surface area contributed by atoms with E-state index in [0.717, 1.165) is 31.2 Å². The van der Waals surface area contributed by atoms with Crippen LogP contribution in [0.3, 0.4) is 0 Å². The van der Waals surface area contributed by atoms with Crippen LogP contribution in [-0.2, 0) is 0 Å². The molecule has 0 N–H and O–H groups in total. The third-order valence-corrected chi connectivity index (χ3v) is 5.10. The van der Waals surface area contributed by atoms with Crippen LogP contribution in [0.2, 0.25) is 0 Å². The van der Waals surface area contributed by atoms with E-state index in [4.69, 9.17) is 11.6 Å². The van der Waals surface area contributed by atoms with Crippen LogP contribution in [0.4, 0.5) is 4.39 Å². The summed E-state index contributed by atoms with van der Waals surface area (Å²) >= 11 is 13.5. The molecule has 4 heteroatoms. The minimum atomic E-state index is -0.378. The monoisotopic (exact) mass is 404 g/mol. The van der Waals surface area contributed by atoms with Crippen molar-refractivity contribution in [2.75, 3.05) is 0 Å². The molecule has 0 aliphatic heterocycles. The van der Waals surface area contributed by atoms with Crippen molar-refractivity contribution in [3.63, 3.8) is 0 Å². The number of rotatable bonds is 2. The molecule has 19 heavy (non-hydrogen) atoms. The van der Waals surface area contributed by atoms with E-state index in [1.54, 1.807) is 6.07 Å². The predicted octanol–water partition coefficient (Wildman–Crippen LogP) is 6.30. The molecule has 0 nitrogen and oxygen atoms in total. The highest BCUT2D eigenvalue weighted by Crippen LogP contribution is 2.37. The van der Waals surface area contributed by atoms with Crippen LogP contribution in [0.5, 0.6) is 0 Å². The van der Waals surface area contributed by atoms with Gasteiger partial charge in [0.2, 0.25) is 0 Å². The lowest BCUT2D eigenvalue weighted by Gasteiger charge is -2.16. The van der Waals surface area contributed by atoms with E-state index in [9.17, 15) is 4.39 Å². The Morgan fingerprint density at radius 2 is 1.63 bits per heavy atom. The third kappa shape index (κ3) is 3.21. The quantitative estimate of drug-likeness (QED) is 0.514. The van der Waals surface area contributed by atoms with Crippen LogP contribution < -0.4 is 0 Å². The second-order valence-electron chi connectivity index (χ2n) is 4.49. The van der Waals surface area contributed by atoms with Gasteiger partial charge in [0.25, 0.3) is 0 Å². The summed E-state index contributed by atoms with van der Waals surface area (Å²) in [6, 6.07) is 8.64. The summed E-state index contributed by atoms with van der Waals surface area (Å²) in [5.74, 6) is -0.282. The third-order valence-electron chi connectivity index (χ3n) is 3.05. The van der Waals surface area contributed by atoms with E-state index in [1.807, 2.05) is 26.0 Å². The lowest BCUT2D eigenvalue weighted by molar-refractivity contribution is 0.625. The molecular formula is C15H12Br2ClF. The van der Waals surface area contributed by atoms with Gasteiger partial charge in [-0.3, -0.25) is 0 Å². The lowest BCUT2D eigenvalue weighted by atomic mass is 9.98. The summed E-state index contributed by atoms with van der Waals surface area (Å²) < 4.78 is 15.2. The summed E-state index contributed by atoms with van der Waals surface area (Å²) in [6.45, 7) is 4.01. The molecule has 2 aromatic rings. The fourth-order valence-corrected chi connectivity index (χ4v) is 3.43. The Bertz CT molecular complexity index is 626. The van der Waals surface area contributed by atoms with Crippen molar-refractivity contribution in [1.82, 2.24) is 0 Å². The van der Waals surface area contributed by atoms with Crippen molar-refractivity contribution < 1.29 is 4.39 Å². The van der Waals surface area contributed by atoms with Gasteiger partial charge < -0.3 is 0 Å². The van der Waals surface area contributed by atoms with Crippen molar-refractivity contribution >= 4 is 43.5 Å². The number of hydrogen-bond acceptors (Lipinski definition) is 0. The zero-order valence-electron chi connectivity index (χ0n) is 10.5. The highest BCUT2D eigenvalue weighted by molar-refractivity contribution is 9.10. The summed E-state index contributed by atoms with van der Waals surface area (Å²) in [6.07, 6.45) is 0. The zero-order valence-corrected chi connectivity index (χ0v) is 14.4. The van der Waals surface area contributed by atoms with E-state index < -0.39 is 0 Å². The van der Waals surface area contributed by atoms with E-state index in [-0.39, 0.29) is 11.2 Å². The Balaban J connectivity index is 2.52. The average Bonchev–Trinajstić information content (AvgIpc) is 2.36. The van der Waals surface area contributed by atoms with Crippen molar-refractivity contribution in [2.45, 2.75) is 19.2 Å². The summed E-state index contributed by atoms with van der Waals surface area (Å²) in [5, 5.41) is -0.378. The van der Waals surface area contributed by atoms with Gasteiger partial charge in [-0.25, -0.2) is 4.39 Å². The van der Waals surface area contributed by atoms with Crippen LogP contribution in [0, 0.1) is 19.7 Å². The molecule has 0 aliphatic rings. The average molecular weight is 407 g/mol. The van der Waals surface area contributed by atoms with Gasteiger partial charge in [-0.05, 0) is 60.4 Å². The minimum absolute atomic E-state index is 0.282. The first kappa shape index (κ1) is 15.0. The SMILES string of the molecule is Cc1cc(C(Cl)c2cc(F)ccc2Br)c(C)cc1Br. The molecule has 0 heterocycles. The van der Waals surface area contributed by atoms with Gasteiger partial charge >= 0.3 is 0 Å². The largest absolute Gasteiger partial charge is 0.207 e. The molecule has 0 aromatic heterocycles. The Hall–Kier alpha value is -0.380. The Labute approximate surface area is 134 Å². The predicted molar refractivity (Wildman–Crippen MR) is 85.4 cm³/mol. The standard InChI is InChI=1S/C15H12Br2ClF/c1-8-6-14(17)9(2)5-11(8)15(18)12-7-10(19)3-4-13(12)16/h3-7,15H,1-2H3. The number of halogens is 4. The molecule has 0 spiro atoms. The van der Waals surface area contributed by atoms with Gasteiger partial charge in [0.05, 0.1) is 5.38 Å². The normalized spacial score (nSPS) is 12.5. The van der Waals surface area contributed by atoms with Crippen LogP contribution in [0.1, 0.15) is 27.6 Å². The molecule has 0 amide bonds. The fraction of sp³-hybridized carbons (Fsp3) is 0.200. The Kier molecular flexibility index (Phi) is 4.70. The summed E-state index contributed by atoms with van der Waals surface area (Å²) in [5.41, 5.74) is 3.92. The molecule has 1 atom stereocenters. The molecule has 0 saturated heterocycles. The maximum atomic E-state index is 13.4. The summed E-state index contributed by atoms with van der Waals surface area (Å²) in [4.78, 5) is 0. The van der Waals surface area contributed by atoms with Crippen molar-refractivity contribution in [1.29, 1.82) is 0 Å². The second kappa shape index (κ2) is 5.94. The second-order valence-corrected chi connectivity index (χ2v) is 6.63. The van der Waals surface area contributed by atoms with Gasteiger partial charge in [0, 0.05) is 8.95 Å². The van der Waals surface area contributed by atoms with E-state index in [1.165, 1.54) is 12.1 Å². The van der Waals surface area contributed by atoms with Gasteiger partial charge in [-0.15, -0.1) is 11.6 Å². The topological polar surface area (TPSA) is 0 Å². The van der Waals surface area contributed by atoms with Crippen LogP contribution >= 0.6 is 43.5 Å². The van der Waals surface area contributed by atoms with E-state index in [0.29, 0.717) is 0 Å². The van der Waals surface area contributed by atoms with Gasteiger partial charge in [0.15, 0.2) is 0 Å². The number of hydrogen-bond donors (Lipinski definition) is 0. The van der Waals surface area contributed by atoms with Crippen molar-refractivity contribution in [3.05, 3.63) is 67.3 Å². The first-order valence-electron chi connectivity index (χ1n) is 5.76. The molecule has 0 bridgehead atoms. The van der Waals surface area contributed by atoms with E-state index >= 15 is 0 Å². The highest BCUT2D eigenvalue weighted by atomic mass is 79.9. The molecule has 0 fully saturated rings. The fourth-order valence-electron chi connectivity index (χ4n) is 1.95. The zero-order chi connectivity index (χ0) is 14.2. The van der Waals surface area contributed by atoms with Crippen molar-refractivity contribution in [3.8, 4) is 0 Å². The molecule has 2 aromatic carbocycles.